The molecular formula is C15H9Cl2NO3. The lowest BCUT2D eigenvalue weighted by atomic mass is 10.2. The molecule has 0 aliphatic carbocycles. The van der Waals surface area contributed by atoms with Gasteiger partial charge in [0.1, 0.15) is 0 Å². The second-order valence-corrected chi connectivity index (χ2v) is 4.84. The van der Waals surface area contributed by atoms with Crippen LogP contribution in [0.2, 0.25) is 10.0 Å². The Balaban J connectivity index is 2.35. The lowest BCUT2D eigenvalue weighted by molar-refractivity contribution is 0.0730. The van der Waals surface area contributed by atoms with Gasteiger partial charge in [0.2, 0.25) is 0 Å². The molecule has 6 heteroatoms. The molecule has 0 aliphatic heterocycles. The Morgan fingerprint density at radius 3 is 2.62 bits per heavy atom. The molecule has 0 spiro atoms. The Morgan fingerprint density at radius 2 is 2.00 bits per heavy atom. The molecule has 106 valence electrons. The maximum absolute atomic E-state index is 12.1. The van der Waals surface area contributed by atoms with Gasteiger partial charge in [-0.25, -0.2) is 4.79 Å². The van der Waals surface area contributed by atoms with Crippen molar-refractivity contribution in [3.8, 4) is 17.6 Å². The number of carbonyl (C=O) groups excluding carboxylic acids is 1. The van der Waals surface area contributed by atoms with Crippen LogP contribution in [0.15, 0.2) is 36.4 Å². The quantitative estimate of drug-likeness (QED) is 0.631. The van der Waals surface area contributed by atoms with Crippen LogP contribution in [0.1, 0.15) is 15.9 Å². The zero-order chi connectivity index (χ0) is 15.4. The van der Waals surface area contributed by atoms with Crippen molar-refractivity contribution in [1.82, 2.24) is 0 Å². The Bertz CT molecular complexity index is 738. The SMILES string of the molecule is COc1cc(C#N)cc(Cl)c1OC(=O)c1cccc(Cl)c1. The molecule has 0 amide bonds. The number of hydrogen-bond donors (Lipinski definition) is 0. The summed E-state index contributed by atoms with van der Waals surface area (Å²) < 4.78 is 10.3. The van der Waals surface area contributed by atoms with E-state index in [0.717, 1.165) is 0 Å². The van der Waals surface area contributed by atoms with Gasteiger partial charge in [0.15, 0.2) is 11.5 Å². The molecule has 0 unspecified atom stereocenters. The molecule has 0 atom stereocenters. The molecule has 21 heavy (non-hydrogen) atoms. The van der Waals surface area contributed by atoms with E-state index in [1.807, 2.05) is 6.07 Å². The van der Waals surface area contributed by atoms with Crippen molar-refractivity contribution in [1.29, 1.82) is 5.26 Å². The first-order chi connectivity index (χ1) is 10.0. The lowest BCUT2D eigenvalue weighted by Crippen LogP contribution is -2.09. The summed E-state index contributed by atoms with van der Waals surface area (Å²) in [7, 11) is 1.39. The van der Waals surface area contributed by atoms with Gasteiger partial charge in [-0.2, -0.15) is 5.26 Å². The minimum absolute atomic E-state index is 0.0585. The van der Waals surface area contributed by atoms with Crippen LogP contribution in [-0.4, -0.2) is 13.1 Å². The summed E-state index contributed by atoms with van der Waals surface area (Å²) in [5, 5.41) is 9.41. The predicted molar refractivity (Wildman–Crippen MR) is 79.1 cm³/mol. The molecule has 2 rings (SSSR count). The fraction of sp³-hybridized carbons (Fsp3) is 0.0667. The molecule has 0 saturated heterocycles. The Labute approximate surface area is 131 Å². The first kappa shape index (κ1) is 15.2. The van der Waals surface area contributed by atoms with Crippen molar-refractivity contribution in [2.75, 3.05) is 7.11 Å². The van der Waals surface area contributed by atoms with Crippen LogP contribution in [0.3, 0.4) is 0 Å². The van der Waals surface area contributed by atoms with Gasteiger partial charge in [-0.1, -0.05) is 29.3 Å². The van der Waals surface area contributed by atoms with Crippen molar-refractivity contribution >= 4 is 29.2 Å². The normalized spacial score (nSPS) is 9.81. The van der Waals surface area contributed by atoms with Gasteiger partial charge in [-0.05, 0) is 24.3 Å². The van der Waals surface area contributed by atoms with Crippen molar-refractivity contribution in [3.63, 3.8) is 0 Å². The fourth-order valence-corrected chi connectivity index (χ4v) is 2.09. The van der Waals surface area contributed by atoms with Crippen molar-refractivity contribution in [3.05, 3.63) is 57.6 Å². The molecule has 0 fully saturated rings. The van der Waals surface area contributed by atoms with Gasteiger partial charge in [0.25, 0.3) is 0 Å². The Hall–Kier alpha value is -2.22. The molecule has 2 aromatic rings. The molecule has 0 aliphatic rings. The third-order valence-corrected chi connectivity index (χ3v) is 3.13. The molecule has 0 saturated carbocycles. The molecular weight excluding hydrogens is 313 g/mol. The van der Waals surface area contributed by atoms with Crippen LogP contribution in [0.5, 0.6) is 11.5 Å². The number of nitriles is 1. The maximum Gasteiger partial charge on any atom is 0.343 e. The van der Waals surface area contributed by atoms with Gasteiger partial charge < -0.3 is 9.47 Å². The van der Waals surface area contributed by atoms with Gasteiger partial charge in [-0.15, -0.1) is 0 Å². The number of rotatable bonds is 3. The van der Waals surface area contributed by atoms with Crippen LogP contribution in [0.4, 0.5) is 0 Å². The largest absolute Gasteiger partial charge is 0.493 e. The molecule has 0 aromatic heterocycles. The highest BCUT2D eigenvalue weighted by molar-refractivity contribution is 6.32. The number of hydrogen-bond acceptors (Lipinski definition) is 4. The summed E-state index contributed by atoms with van der Waals surface area (Å²) in [6, 6.07) is 11.1. The first-order valence-electron chi connectivity index (χ1n) is 5.80. The van der Waals surface area contributed by atoms with E-state index in [-0.39, 0.29) is 22.1 Å². The van der Waals surface area contributed by atoms with Gasteiger partial charge >= 0.3 is 5.97 Å². The highest BCUT2D eigenvalue weighted by Gasteiger charge is 2.17. The lowest BCUT2D eigenvalue weighted by Gasteiger charge is -2.11. The second kappa shape index (κ2) is 6.49. The second-order valence-electron chi connectivity index (χ2n) is 4.00. The number of benzene rings is 2. The van der Waals surface area contributed by atoms with Crippen LogP contribution in [-0.2, 0) is 0 Å². The van der Waals surface area contributed by atoms with E-state index in [1.54, 1.807) is 18.2 Å². The van der Waals surface area contributed by atoms with Gasteiger partial charge in [0, 0.05) is 11.1 Å². The minimum Gasteiger partial charge on any atom is -0.493 e. The zero-order valence-electron chi connectivity index (χ0n) is 10.9. The summed E-state index contributed by atoms with van der Waals surface area (Å²) in [6.45, 7) is 0. The first-order valence-corrected chi connectivity index (χ1v) is 6.56. The predicted octanol–water partition coefficient (Wildman–Crippen LogP) is 4.09. The average molecular weight is 322 g/mol. The van der Waals surface area contributed by atoms with Crippen LogP contribution in [0.25, 0.3) is 0 Å². The Kier molecular flexibility index (Phi) is 4.69. The standard InChI is InChI=1S/C15H9Cl2NO3/c1-20-13-6-9(8-18)5-12(17)14(13)21-15(19)10-3-2-4-11(16)7-10/h2-7H,1H3. The summed E-state index contributed by atoms with van der Waals surface area (Å²) in [5.74, 6) is -0.361. The van der Waals surface area contributed by atoms with Crippen LogP contribution >= 0.6 is 23.2 Å². The highest BCUT2D eigenvalue weighted by atomic mass is 35.5. The smallest absolute Gasteiger partial charge is 0.343 e. The number of carbonyl (C=O) groups is 1. The summed E-state index contributed by atoms with van der Waals surface area (Å²) in [5.41, 5.74) is 0.587. The minimum atomic E-state index is -0.623. The van der Waals surface area contributed by atoms with Crippen molar-refractivity contribution in [2.45, 2.75) is 0 Å². The molecule has 0 heterocycles. The molecule has 0 N–H and O–H groups in total. The van der Waals surface area contributed by atoms with Gasteiger partial charge in [-0.3, -0.25) is 0 Å². The van der Waals surface area contributed by atoms with E-state index < -0.39 is 5.97 Å². The van der Waals surface area contributed by atoms with E-state index in [0.29, 0.717) is 10.6 Å². The third-order valence-electron chi connectivity index (χ3n) is 2.61. The fourth-order valence-electron chi connectivity index (χ4n) is 1.65. The van der Waals surface area contributed by atoms with Crippen LogP contribution < -0.4 is 9.47 Å². The van der Waals surface area contributed by atoms with E-state index in [2.05, 4.69) is 0 Å². The summed E-state index contributed by atoms with van der Waals surface area (Å²) >= 11 is 11.8. The average Bonchev–Trinajstić information content (AvgIpc) is 2.48. The molecule has 0 radical (unpaired) electrons. The Morgan fingerprint density at radius 1 is 1.24 bits per heavy atom. The monoisotopic (exact) mass is 321 g/mol. The number of halogens is 2. The highest BCUT2D eigenvalue weighted by Crippen LogP contribution is 2.36. The molecule has 0 bridgehead atoms. The van der Waals surface area contributed by atoms with E-state index in [1.165, 1.54) is 25.3 Å². The molecule has 4 nitrogen and oxygen atoms in total. The number of nitrogens with zero attached hydrogens (tertiary/aromatic N) is 1. The summed E-state index contributed by atoms with van der Waals surface area (Å²) in [4.78, 5) is 12.1. The van der Waals surface area contributed by atoms with Crippen LogP contribution in [0, 0.1) is 11.3 Å². The van der Waals surface area contributed by atoms with Crippen molar-refractivity contribution in [2.24, 2.45) is 0 Å². The van der Waals surface area contributed by atoms with E-state index in [4.69, 9.17) is 37.9 Å². The van der Waals surface area contributed by atoms with Gasteiger partial charge in [0.05, 0.1) is 29.3 Å². The third kappa shape index (κ3) is 3.46. The number of ether oxygens (including phenoxy) is 2. The van der Waals surface area contributed by atoms with E-state index in [9.17, 15) is 4.79 Å². The maximum atomic E-state index is 12.1. The topological polar surface area (TPSA) is 59.3 Å². The number of methoxy groups -OCH3 is 1. The zero-order valence-corrected chi connectivity index (χ0v) is 12.4. The number of esters is 1. The van der Waals surface area contributed by atoms with Crippen molar-refractivity contribution < 1.29 is 14.3 Å². The molecule has 2 aromatic carbocycles. The summed E-state index contributed by atoms with van der Waals surface area (Å²) in [6.07, 6.45) is 0. The van der Waals surface area contributed by atoms with E-state index >= 15 is 0 Å².